The smallest absolute Gasteiger partial charge is 0.291 e. The first-order valence-corrected chi connectivity index (χ1v) is 12.6. The highest BCUT2D eigenvalue weighted by molar-refractivity contribution is 5.99. The van der Waals surface area contributed by atoms with Gasteiger partial charge in [0.25, 0.3) is 5.91 Å². The number of quaternary nitrogens is 1. The van der Waals surface area contributed by atoms with Crippen LogP contribution in [0.2, 0.25) is 0 Å². The van der Waals surface area contributed by atoms with Gasteiger partial charge in [-0.05, 0) is 42.3 Å². The van der Waals surface area contributed by atoms with Gasteiger partial charge in [-0.25, -0.2) is 0 Å². The van der Waals surface area contributed by atoms with Gasteiger partial charge in [-0.15, -0.1) is 0 Å². The van der Waals surface area contributed by atoms with Gasteiger partial charge in [0.1, 0.15) is 12.2 Å². The highest BCUT2D eigenvalue weighted by Gasteiger charge is 2.43. The fraction of sp³-hybridized carbons (Fsp3) is 0.267. The molecule has 0 unspecified atom stereocenters. The molecule has 7 nitrogen and oxygen atoms in total. The minimum Gasteiger partial charge on any atom is -0.490 e. The number of benzene rings is 3. The molecule has 1 aromatic heterocycles. The van der Waals surface area contributed by atoms with Gasteiger partial charge in [0.15, 0.2) is 16.9 Å². The summed E-state index contributed by atoms with van der Waals surface area (Å²) in [5, 5.41) is 0.465. The average molecular weight is 500 g/mol. The number of fused-ring (bicyclic) bond motifs is 2. The van der Waals surface area contributed by atoms with E-state index in [0.717, 1.165) is 17.7 Å². The first kappa shape index (κ1) is 24.6. The van der Waals surface area contributed by atoms with Crippen molar-refractivity contribution in [2.24, 2.45) is 0 Å². The molecule has 0 aliphatic carbocycles. The van der Waals surface area contributed by atoms with E-state index in [0.29, 0.717) is 47.8 Å². The Bertz CT molecular complexity index is 1480. The monoisotopic (exact) mass is 499 g/mol. The lowest BCUT2D eigenvalue weighted by atomic mass is 9.98. The molecule has 1 atom stereocenters. The second kappa shape index (κ2) is 10.5. The summed E-state index contributed by atoms with van der Waals surface area (Å²) < 4.78 is 18.0. The van der Waals surface area contributed by atoms with Crippen LogP contribution < -0.4 is 19.8 Å². The van der Waals surface area contributed by atoms with Crippen LogP contribution in [0.3, 0.4) is 0 Å². The molecule has 0 saturated carbocycles. The summed E-state index contributed by atoms with van der Waals surface area (Å²) in [5.74, 6) is 1.02. The molecule has 4 aromatic rings. The summed E-state index contributed by atoms with van der Waals surface area (Å²) in [7, 11) is 4.07. The van der Waals surface area contributed by atoms with Crippen molar-refractivity contribution in [3.05, 3.63) is 105 Å². The van der Waals surface area contributed by atoms with Crippen molar-refractivity contribution in [3.8, 4) is 11.5 Å². The van der Waals surface area contributed by atoms with E-state index in [9.17, 15) is 9.59 Å². The largest absolute Gasteiger partial charge is 0.490 e. The van der Waals surface area contributed by atoms with Crippen molar-refractivity contribution in [2.45, 2.75) is 19.6 Å². The van der Waals surface area contributed by atoms with Gasteiger partial charge in [-0.1, -0.05) is 48.5 Å². The number of carbonyl (C=O) groups is 1. The SMILES string of the molecule is CCOc1cc([C@H]2c3c(oc4ccccc4c3=O)C(=O)N2CC[NH+](C)C)ccc1OCc1ccccc1. The van der Waals surface area contributed by atoms with Crippen LogP contribution in [0.4, 0.5) is 0 Å². The van der Waals surface area contributed by atoms with E-state index < -0.39 is 6.04 Å². The van der Waals surface area contributed by atoms with Crippen LogP contribution in [0.5, 0.6) is 11.5 Å². The predicted octanol–water partition coefficient (Wildman–Crippen LogP) is 3.46. The van der Waals surface area contributed by atoms with E-state index in [-0.39, 0.29) is 17.1 Å². The summed E-state index contributed by atoms with van der Waals surface area (Å²) in [6.45, 7) is 3.96. The summed E-state index contributed by atoms with van der Waals surface area (Å²) in [6.07, 6.45) is 0. The van der Waals surface area contributed by atoms with E-state index in [4.69, 9.17) is 13.9 Å². The molecular weight excluding hydrogens is 468 g/mol. The van der Waals surface area contributed by atoms with Gasteiger partial charge in [-0.2, -0.15) is 0 Å². The van der Waals surface area contributed by atoms with E-state index in [1.54, 1.807) is 29.2 Å². The number of ether oxygens (including phenoxy) is 2. The van der Waals surface area contributed by atoms with Gasteiger partial charge >= 0.3 is 0 Å². The highest BCUT2D eigenvalue weighted by Crippen LogP contribution is 2.41. The summed E-state index contributed by atoms with van der Waals surface area (Å²) >= 11 is 0. The number of hydrogen-bond acceptors (Lipinski definition) is 5. The molecule has 2 heterocycles. The lowest BCUT2D eigenvalue weighted by Crippen LogP contribution is -3.06. The zero-order chi connectivity index (χ0) is 25.9. The van der Waals surface area contributed by atoms with E-state index in [1.165, 1.54) is 4.90 Å². The third-order valence-electron chi connectivity index (χ3n) is 6.55. The maximum atomic E-state index is 13.7. The van der Waals surface area contributed by atoms with Crippen LogP contribution >= 0.6 is 0 Å². The fourth-order valence-electron chi connectivity index (χ4n) is 4.71. The van der Waals surface area contributed by atoms with Gasteiger partial charge < -0.3 is 23.7 Å². The molecule has 0 bridgehead atoms. The minimum atomic E-state index is -0.579. The Kier molecular flexibility index (Phi) is 6.97. The molecule has 1 aliphatic heterocycles. The maximum Gasteiger partial charge on any atom is 0.291 e. The van der Waals surface area contributed by atoms with Crippen molar-refractivity contribution in [3.63, 3.8) is 0 Å². The van der Waals surface area contributed by atoms with Gasteiger partial charge in [0.05, 0.1) is 50.8 Å². The fourth-order valence-corrected chi connectivity index (χ4v) is 4.71. The lowest BCUT2D eigenvalue weighted by molar-refractivity contribution is -0.857. The van der Waals surface area contributed by atoms with Crippen LogP contribution in [0, 0.1) is 0 Å². The maximum absolute atomic E-state index is 13.7. The molecule has 0 spiro atoms. The topological polar surface area (TPSA) is 73.4 Å². The molecule has 1 N–H and O–H groups in total. The van der Waals surface area contributed by atoms with Crippen molar-refractivity contribution in [1.29, 1.82) is 0 Å². The Morgan fingerprint density at radius 2 is 1.68 bits per heavy atom. The van der Waals surface area contributed by atoms with Crippen molar-refractivity contribution < 1.29 is 23.6 Å². The minimum absolute atomic E-state index is 0.116. The Morgan fingerprint density at radius 3 is 2.43 bits per heavy atom. The van der Waals surface area contributed by atoms with Gasteiger partial charge in [0, 0.05) is 0 Å². The Balaban J connectivity index is 1.58. The first-order valence-electron chi connectivity index (χ1n) is 12.6. The van der Waals surface area contributed by atoms with Crippen LogP contribution in [0.25, 0.3) is 11.0 Å². The number of likely N-dealkylation sites (N-methyl/N-ethyl adjacent to an activating group) is 1. The standard InChI is InChI=1S/C30H30N2O5/c1-4-35-25-18-21(14-15-24(25)36-19-20-10-6-5-7-11-20)27-26-28(33)22-12-8-9-13-23(22)37-29(26)30(34)32(27)17-16-31(2)3/h5-15,18,27H,4,16-17,19H2,1-3H3/p+1/t27-/m0/s1. The zero-order valence-corrected chi connectivity index (χ0v) is 21.3. The second-order valence-corrected chi connectivity index (χ2v) is 9.44. The summed E-state index contributed by atoms with van der Waals surface area (Å²) in [4.78, 5) is 30.2. The molecular formula is C30H31N2O5+. The van der Waals surface area contributed by atoms with E-state index >= 15 is 0 Å². The van der Waals surface area contributed by atoms with Crippen LogP contribution in [-0.2, 0) is 6.61 Å². The molecule has 1 aliphatic rings. The number of hydrogen-bond donors (Lipinski definition) is 1. The molecule has 1 amide bonds. The summed E-state index contributed by atoms with van der Waals surface area (Å²) in [6, 6.07) is 22.0. The van der Waals surface area contributed by atoms with Crippen LogP contribution in [0.1, 0.15) is 40.2 Å². The normalized spacial score (nSPS) is 14.9. The van der Waals surface area contributed by atoms with Crippen molar-refractivity contribution >= 4 is 16.9 Å². The predicted molar refractivity (Wildman–Crippen MR) is 141 cm³/mol. The number of nitrogens with zero attached hydrogens (tertiary/aromatic N) is 1. The molecule has 7 heteroatoms. The second-order valence-electron chi connectivity index (χ2n) is 9.44. The van der Waals surface area contributed by atoms with E-state index in [1.807, 2.05) is 69.6 Å². The highest BCUT2D eigenvalue weighted by atomic mass is 16.5. The van der Waals surface area contributed by atoms with Crippen molar-refractivity contribution in [2.75, 3.05) is 33.8 Å². The number of nitrogens with one attached hydrogen (secondary N) is 1. The molecule has 190 valence electrons. The number of carbonyl (C=O) groups excluding carboxylic acids is 1. The number of rotatable bonds is 9. The van der Waals surface area contributed by atoms with Crippen LogP contribution in [-0.4, -0.2) is 44.6 Å². The molecule has 0 saturated heterocycles. The quantitative estimate of drug-likeness (QED) is 0.382. The molecule has 37 heavy (non-hydrogen) atoms. The third-order valence-corrected chi connectivity index (χ3v) is 6.55. The van der Waals surface area contributed by atoms with E-state index in [2.05, 4.69) is 0 Å². The average Bonchev–Trinajstić information content (AvgIpc) is 3.19. The number of para-hydroxylation sites is 1. The first-order chi connectivity index (χ1) is 18.0. The Hall–Kier alpha value is -4.10. The Morgan fingerprint density at radius 1 is 0.919 bits per heavy atom. The van der Waals surface area contributed by atoms with Crippen LogP contribution in [0.15, 0.2) is 82.0 Å². The molecule has 0 fully saturated rings. The zero-order valence-electron chi connectivity index (χ0n) is 21.3. The summed E-state index contributed by atoms with van der Waals surface area (Å²) in [5.41, 5.74) is 2.43. The third kappa shape index (κ3) is 4.82. The molecule has 5 rings (SSSR count). The van der Waals surface area contributed by atoms with Gasteiger partial charge in [0.2, 0.25) is 5.76 Å². The number of amides is 1. The lowest BCUT2D eigenvalue weighted by Gasteiger charge is -2.26. The van der Waals surface area contributed by atoms with Crippen molar-refractivity contribution in [1.82, 2.24) is 4.90 Å². The molecule has 0 radical (unpaired) electrons. The van der Waals surface area contributed by atoms with Gasteiger partial charge in [-0.3, -0.25) is 9.59 Å². The Labute approximate surface area is 215 Å². The molecule has 3 aromatic carbocycles.